The number of ether oxygens (including phenoxy) is 1. The van der Waals surface area contributed by atoms with E-state index in [-0.39, 0.29) is 0 Å². The minimum Gasteiger partial charge on any atom is -0.479 e. The molecule has 0 amide bonds. The highest BCUT2D eigenvalue weighted by molar-refractivity contribution is 5.72. The molecule has 0 aliphatic rings. The van der Waals surface area contributed by atoms with Gasteiger partial charge in [0.25, 0.3) is 0 Å². The minimum atomic E-state index is -0.916. The van der Waals surface area contributed by atoms with Gasteiger partial charge in [0.2, 0.25) is 0 Å². The smallest absolute Gasteiger partial charge is 0.333 e. The number of rotatable bonds is 14. The minimum absolute atomic E-state index is 0.417. The number of aliphatic carboxylic acids is 1. The Morgan fingerprint density at radius 3 is 1.75 bits per heavy atom. The molecule has 0 aromatic heterocycles. The molecule has 3 nitrogen and oxygen atoms in total. The van der Waals surface area contributed by atoms with Crippen LogP contribution in [0, 0.1) is 0 Å². The van der Waals surface area contributed by atoms with Crippen molar-refractivity contribution in [2.24, 2.45) is 0 Å². The first-order valence-electron chi connectivity index (χ1n) is 8.72. The van der Waals surface area contributed by atoms with E-state index < -0.39 is 12.1 Å². The second-order valence-electron chi connectivity index (χ2n) is 5.35. The molecular weight excluding hydrogens is 300 g/mol. The number of hydrogen-bond acceptors (Lipinski definition) is 2. The molecule has 0 saturated carbocycles. The fraction of sp³-hybridized carbons (Fsp3) is 0.476. The fourth-order valence-corrected chi connectivity index (χ4v) is 1.93. The lowest BCUT2D eigenvalue weighted by Gasteiger charge is -2.05. The summed E-state index contributed by atoms with van der Waals surface area (Å²) >= 11 is 0. The van der Waals surface area contributed by atoms with Crippen LogP contribution in [0.1, 0.15) is 51.9 Å². The van der Waals surface area contributed by atoms with Gasteiger partial charge in [-0.15, -0.1) is 0 Å². The number of methoxy groups -OCH3 is 1. The van der Waals surface area contributed by atoms with Crippen molar-refractivity contribution in [2.75, 3.05) is 7.11 Å². The summed E-state index contributed by atoms with van der Waals surface area (Å²) in [6.45, 7) is 2.14. The number of unbranched alkanes of at least 4 members (excludes halogenated alkanes) is 1. The molecule has 0 aromatic carbocycles. The van der Waals surface area contributed by atoms with Gasteiger partial charge in [-0.2, -0.15) is 0 Å². The fourth-order valence-electron chi connectivity index (χ4n) is 1.93. The van der Waals surface area contributed by atoms with Crippen molar-refractivity contribution >= 4 is 5.97 Å². The van der Waals surface area contributed by atoms with Crippen molar-refractivity contribution in [3.05, 3.63) is 60.8 Å². The summed E-state index contributed by atoms with van der Waals surface area (Å²) < 4.78 is 4.86. The summed E-state index contributed by atoms with van der Waals surface area (Å²) in [5, 5.41) is 8.82. The van der Waals surface area contributed by atoms with Crippen LogP contribution in [-0.2, 0) is 9.53 Å². The van der Waals surface area contributed by atoms with Crippen LogP contribution in [-0.4, -0.2) is 24.3 Å². The van der Waals surface area contributed by atoms with Crippen molar-refractivity contribution in [1.82, 2.24) is 0 Å². The SMILES string of the molecule is CC/C=C\C/C=C\C/C=C\C/C=C\CC/C=C/CC(OC)C(=O)O. The Hall–Kier alpha value is -1.87. The largest absolute Gasteiger partial charge is 0.479 e. The number of allylic oxidation sites excluding steroid dienone is 9. The molecule has 0 aliphatic heterocycles. The third kappa shape index (κ3) is 15.0. The Bertz CT molecular complexity index is 442. The van der Waals surface area contributed by atoms with E-state index >= 15 is 0 Å². The van der Waals surface area contributed by atoms with Gasteiger partial charge in [-0.3, -0.25) is 0 Å². The van der Waals surface area contributed by atoms with Crippen LogP contribution in [0.25, 0.3) is 0 Å². The highest BCUT2D eigenvalue weighted by Crippen LogP contribution is 2.01. The number of hydrogen-bond donors (Lipinski definition) is 1. The van der Waals surface area contributed by atoms with Gasteiger partial charge >= 0.3 is 5.97 Å². The van der Waals surface area contributed by atoms with Crippen LogP contribution in [0.3, 0.4) is 0 Å². The zero-order chi connectivity index (χ0) is 17.9. The maximum atomic E-state index is 10.7. The van der Waals surface area contributed by atoms with Crippen LogP contribution in [0.15, 0.2) is 60.8 Å². The highest BCUT2D eigenvalue weighted by Gasteiger charge is 2.13. The number of carboxylic acids is 1. The average Bonchev–Trinajstić information content (AvgIpc) is 2.57. The molecule has 0 fully saturated rings. The molecule has 0 heterocycles. The van der Waals surface area contributed by atoms with Crippen LogP contribution >= 0.6 is 0 Å². The molecule has 0 aliphatic carbocycles. The maximum absolute atomic E-state index is 10.7. The number of carboxylic acid groups (broad SMARTS) is 1. The second kappa shape index (κ2) is 17.5. The molecule has 0 spiro atoms. The molecular formula is C21H32O3. The topological polar surface area (TPSA) is 46.5 Å². The van der Waals surface area contributed by atoms with Gasteiger partial charge in [-0.05, 0) is 38.5 Å². The molecule has 1 atom stereocenters. The third-order valence-corrected chi connectivity index (χ3v) is 3.30. The molecule has 0 aromatic rings. The van der Waals surface area contributed by atoms with Gasteiger partial charge in [0.05, 0.1) is 0 Å². The predicted octanol–water partition coefficient (Wildman–Crippen LogP) is 5.62. The molecule has 0 bridgehead atoms. The van der Waals surface area contributed by atoms with E-state index in [1.165, 1.54) is 7.11 Å². The summed E-state index contributed by atoms with van der Waals surface area (Å²) in [7, 11) is 1.42. The maximum Gasteiger partial charge on any atom is 0.333 e. The van der Waals surface area contributed by atoms with Gasteiger partial charge in [0, 0.05) is 13.5 Å². The Labute approximate surface area is 147 Å². The monoisotopic (exact) mass is 332 g/mol. The molecule has 3 heteroatoms. The Morgan fingerprint density at radius 2 is 1.29 bits per heavy atom. The van der Waals surface area contributed by atoms with E-state index in [4.69, 9.17) is 9.84 Å². The molecule has 0 radical (unpaired) electrons. The predicted molar refractivity (Wildman–Crippen MR) is 102 cm³/mol. The summed E-state index contributed by atoms with van der Waals surface area (Å²) in [6.07, 6.45) is 26.9. The average molecular weight is 332 g/mol. The van der Waals surface area contributed by atoms with E-state index in [9.17, 15) is 4.79 Å². The molecule has 24 heavy (non-hydrogen) atoms. The van der Waals surface area contributed by atoms with Gasteiger partial charge in [-0.1, -0.05) is 67.7 Å². The van der Waals surface area contributed by atoms with Crippen LogP contribution in [0.4, 0.5) is 0 Å². The molecule has 134 valence electrons. The summed E-state index contributed by atoms with van der Waals surface area (Å²) in [4.78, 5) is 10.7. The van der Waals surface area contributed by atoms with Gasteiger partial charge < -0.3 is 9.84 Å². The quantitative estimate of drug-likeness (QED) is 0.332. The van der Waals surface area contributed by atoms with Gasteiger partial charge in [-0.25, -0.2) is 4.79 Å². The Balaban J connectivity index is 3.60. The van der Waals surface area contributed by atoms with Crippen molar-refractivity contribution in [3.63, 3.8) is 0 Å². The molecule has 0 rings (SSSR count). The van der Waals surface area contributed by atoms with Crippen LogP contribution in [0.2, 0.25) is 0 Å². The van der Waals surface area contributed by atoms with Crippen molar-refractivity contribution in [2.45, 2.75) is 58.0 Å². The van der Waals surface area contributed by atoms with Crippen molar-refractivity contribution in [1.29, 1.82) is 0 Å². The lowest BCUT2D eigenvalue weighted by Crippen LogP contribution is -2.21. The summed E-state index contributed by atoms with van der Waals surface area (Å²) in [5.74, 6) is -0.916. The second-order valence-corrected chi connectivity index (χ2v) is 5.35. The molecule has 1 N–H and O–H groups in total. The van der Waals surface area contributed by atoms with Gasteiger partial charge in [0.1, 0.15) is 0 Å². The number of carbonyl (C=O) groups is 1. The first-order chi connectivity index (χ1) is 11.7. The lowest BCUT2D eigenvalue weighted by atomic mass is 10.2. The molecule has 0 saturated heterocycles. The standard InChI is InChI=1S/C21H32O3/c1-3-4-5-6-7-8-9-10-11-12-13-14-15-16-17-18-19-20(24-2)21(22)23/h4-5,7-8,10-11,13-14,17-18,20H,3,6,9,12,15-16,19H2,1-2H3,(H,22,23)/b5-4-,8-7-,11-10-,14-13-,18-17+. The van der Waals surface area contributed by atoms with E-state index in [0.717, 1.165) is 38.5 Å². The Kier molecular flexibility index (Phi) is 16.1. The molecule has 1 unspecified atom stereocenters. The highest BCUT2D eigenvalue weighted by atomic mass is 16.5. The van der Waals surface area contributed by atoms with Crippen molar-refractivity contribution in [3.8, 4) is 0 Å². The van der Waals surface area contributed by atoms with Crippen LogP contribution < -0.4 is 0 Å². The van der Waals surface area contributed by atoms with E-state index in [1.807, 2.05) is 12.2 Å². The van der Waals surface area contributed by atoms with Crippen LogP contribution in [0.5, 0.6) is 0 Å². The zero-order valence-electron chi connectivity index (χ0n) is 15.1. The van der Waals surface area contributed by atoms with Crippen molar-refractivity contribution < 1.29 is 14.6 Å². The summed E-state index contributed by atoms with van der Waals surface area (Å²) in [6, 6.07) is 0. The zero-order valence-corrected chi connectivity index (χ0v) is 15.1. The van der Waals surface area contributed by atoms with E-state index in [0.29, 0.717) is 6.42 Å². The third-order valence-electron chi connectivity index (χ3n) is 3.30. The van der Waals surface area contributed by atoms with E-state index in [1.54, 1.807) is 0 Å². The first-order valence-corrected chi connectivity index (χ1v) is 8.72. The van der Waals surface area contributed by atoms with E-state index in [2.05, 4.69) is 55.5 Å². The lowest BCUT2D eigenvalue weighted by molar-refractivity contribution is -0.148. The Morgan fingerprint density at radius 1 is 0.833 bits per heavy atom. The normalized spacial score (nSPS) is 14.1. The first kappa shape index (κ1) is 22.1. The summed E-state index contributed by atoms with van der Waals surface area (Å²) in [5.41, 5.74) is 0. The van der Waals surface area contributed by atoms with Gasteiger partial charge in [0.15, 0.2) is 6.10 Å².